The van der Waals surface area contributed by atoms with Gasteiger partial charge in [0, 0.05) is 0 Å². The Bertz CT molecular complexity index is 660. The lowest BCUT2D eigenvalue weighted by Gasteiger charge is -2.03. The molecule has 0 spiro atoms. The maximum atomic E-state index is 13.1. The topological polar surface area (TPSA) is 80.8 Å². The van der Waals surface area contributed by atoms with Gasteiger partial charge in [-0.1, -0.05) is 0 Å². The molecule has 0 N–H and O–H groups in total. The van der Waals surface area contributed by atoms with Crippen molar-refractivity contribution in [3.63, 3.8) is 0 Å². The van der Waals surface area contributed by atoms with E-state index in [0.717, 1.165) is 0 Å². The molecule has 0 radical (unpaired) electrons. The van der Waals surface area contributed by atoms with Crippen molar-refractivity contribution in [1.82, 2.24) is 14.8 Å². The Hall–Kier alpha value is -2.75. The van der Waals surface area contributed by atoms with Gasteiger partial charge in [-0.3, -0.25) is 0 Å². The number of hydrogen-bond acceptors (Lipinski definition) is 5. The molecule has 1 heterocycles. The molecule has 0 fully saturated rings. The minimum atomic E-state index is -0.654. The maximum Gasteiger partial charge on any atom is 0.377 e. The van der Waals surface area contributed by atoms with E-state index in [4.69, 9.17) is 5.26 Å². The fourth-order valence-electron chi connectivity index (χ4n) is 1.53. The van der Waals surface area contributed by atoms with E-state index in [-0.39, 0.29) is 12.4 Å². The van der Waals surface area contributed by atoms with Gasteiger partial charge in [-0.25, -0.2) is 18.9 Å². The molecule has 0 aliphatic heterocycles. The highest BCUT2D eigenvalue weighted by molar-refractivity contribution is 5.84. The minimum Gasteiger partial charge on any atom is -0.463 e. The lowest BCUT2D eigenvalue weighted by Crippen LogP contribution is -2.07. The summed E-state index contributed by atoms with van der Waals surface area (Å²) in [6, 6.07) is 5.82. The Balaban J connectivity index is 2.27. The molecule has 19 heavy (non-hydrogen) atoms. The van der Waals surface area contributed by atoms with E-state index >= 15 is 0 Å². The van der Waals surface area contributed by atoms with Crippen LogP contribution in [0.1, 0.15) is 21.7 Å². The van der Waals surface area contributed by atoms with Gasteiger partial charge in [0.05, 0.1) is 25.3 Å². The molecule has 0 amide bonds. The van der Waals surface area contributed by atoms with E-state index in [1.165, 1.54) is 36.3 Å². The standard InChI is InChI=1S/C12H9FN4O2/c1-19-12(18)11-15-7-17(16-11)6-9-4-10(13)3-2-8(9)5-14/h2-4,7H,6H2,1H3. The third-order valence-corrected chi connectivity index (χ3v) is 2.42. The van der Waals surface area contributed by atoms with Gasteiger partial charge >= 0.3 is 5.97 Å². The first kappa shape index (κ1) is 12.7. The number of methoxy groups -OCH3 is 1. The number of hydrogen-bond donors (Lipinski definition) is 0. The Morgan fingerprint density at radius 2 is 2.37 bits per heavy atom. The first-order valence-corrected chi connectivity index (χ1v) is 5.30. The number of nitrogens with zero attached hydrogens (tertiary/aromatic N) is 4. The summed E-state index contributed by atoms with van der Waals surface area (Å²) in [5.41, 5.74) is 0.806. The molecule has 0 saturated carbocycles. The number of benzene rings is 1. The number of nitriles is 1. The second-order valence-electron chi connectivity index (χ2n) is 3.67. The monoisotopic (exact) mass is 260 g/mol. The summed E-state index contributed by atoms with van der Waals surface area (Å²) in [7, 11) is 1.23. The van der Waals surface area contributed by atoms with Crippen molar-refractivity contribution >= 4 is 5.97 Å². The van der Waals surface area contributed by atoms with Crippen molar-refractivity contribution in [2.75, 3.05) is 7.11 Å². The normalized spacial score (nSPS) is 9.95. The minimum absolute atomic E-state index is 0.0857. The molecule has 1 aromatic heterocycles. The smallest absolute Gasteiger partial charge is 0.377 e. The second-order valence-corrected chi connectivity index (χ2v) is 3.67. The molecule has 0 saturated heterocycles. The predicted octanol–water partition coefficient (Wildman–Crippen LogP) is 1.12. The highest BCUT2D eigenvalue weighted by atomic mass is 19.1. The quantitative estimate of drug-likeness (QED) is 0.772. The zero-order chi connectivity index (χ0) is 13.8. The molecule has 0 unspecified atom stereocenters. The highest BCUT2D eigenvalue weighted by Crippen LogP contribution is 2.11. The van der Waals surface area contributed by atoms with Gasteiger partial charge in [0.25, 0.3) is 5.82 Å². The van der Waals surface area contributed by atoms with Crippen molar-refractivity contribution in [2.24, 2.45) is 0 Å². The summed E-state index contributed by atoms with van der Waals surface area (Å²) in [5, 5.41) is 12.8. The van der Waals surface area contributed by atoms with Crippen LogP contribution in [0.5, 0.6) is 0 Å². The highest BCUT2D eigenvalue weighted by Gasteiger charge is 2.12. The van der Waals surface area contributed by atoms with Gasteiger partial charge in [0.15, 0.2) is 0 Å². The average molecular weight is 260 g/mol. The first-order valence-electron chi connectivity index (χ1n) is 5.30. The summed E-state index contributed by atoms with van der Waals surface area (Å²) in [6.45, 7) is 0.143. The number of aromatic nitrogens is 3. The van der Waals surface area contributed by atoms with Crippen LogP contribution in [0.25, 0.3) is 0 Å². The molecular weight excluding hydrogens is 251 g/mol. The van der Waals surface area contributed by atoms with Crippen molar-refractivity contribution in [3.05, 3.63) is 47.3 Å². The molecule has 0 bridgehead atoms. The zero-order valence-corrected chi connectivity index (χ0v) is 10.00. The summed E-state index contributed by atoms with van der Waals surface area (Å²) < 4.78 is 19.0. The van der Waals surface area contributed by atoms with E-state index in [1.807, 2.05) is 6.07 Å². The number of rotatable bonds is 3. The third kappa shape index (κ3) is 2.74. The predicted molar refractivity (Wildman–Crippen MR) is 61.6 cm³/mol. The summed E-state index contributed by atoms with van der Waals surface area (Å²) in [6.07, 6.45) is 1.32. The number of carbonyl (C=O) groups excluding carboxylic acids is 1. The van der Waals surface area contributed by atoms with Crippen LogP contribution in [0.4, 0.5) is 4.39 Å². The van der Waals surface area contributed by atoms with Crippen LogP contribution in [0, 0.1) is 17.1 Å². The molecule has 6 nitrogen and oxygen atoms in total. The largest absolute Gasteiger partial charge is 0.463 e. The number of carbonyl (C=O) groups is 1. The van der Waals surface area contributed by atoms with Crippen LogP contribution in [0.15, 0.2) is 24.5 Å². The fraction of sp³-hybridized carbons (Fsp3) is 0.167. The Kier molecular flexibility index (Phi) is 3.52. The van der Waals surface area contributed by atoms with E-state index in [0.29, 0.717) is 11.1 Å². The van der Waals surface area contributed by atoms with Gasteiger partial charge in [0.1, 0.15) is 12.1 Å². The second kappa shape index (κ2) is 5.27. The summed E-state index contributed by atoms with van der Waals surface area (Å²) >= 11 is 0. The van der Waals surface area contributed by atoms with Crippen LogP contribution in [0.3, 0.4) is 0 Å². The van der Waals surface area contributed by atoms with E-state index in [9.17, 15) is 9.18 Å². The fourth-order valence-corrected chi connectivity index (χ4v) is 1.53. The van der Waals surface area contributed by atoms with Crippen LogP contribution in [-0.2, 0) is 11.3 Å². The Labute approximate surface area is 108 Å². The number of esters is 1. The lowest BCUT2D eigenvalue weighted by atomic mass is 10.1. The van der Waals surface area contributed by atoms with E-state index < -0.39 is 11.8 Å². The molecular formula is C12H9FN4O2. The van der Waals surface area contributed by atoms with Crippen molar-refractivity contribution in [3.8, 4) is 6.07 Å². The Morgan fingerprint density at radius 1 is 1.58 bits per heavy atom. The lowest BCUT2D eigenvalue weighted by molar-refractivity contribution is 0.0586. The van der Waals surface area contributed by atoms with E-state index in [2.05, 4.69) is 14.8 Å². The average Bonchev–Trinajstić information content (AvgIpc) is 2.86. The SMILES string of the molecule is COC(=O)c1ncn(Cc2cc(F)ccc2C#N)n1. The van der Waals surface area contributed by atoms with Gasteiger partial charge in [-0.2, -0.15) is 5.26 Å². The van der Waals surface area contributed by atoms with Gasteiger partial charge in [0.2, 0.25) is 0 Å². The van der Waals surface area contributed by atoms with Gasteiger partial charge < -0.3 is 4.74 Å². The third-order valence-electron chi connectivity index (χ3n) is 2.42. The van der Waals surface area contributed by atoms with Crippen LogP contribution >= 0.6 is 0 Å². The Morgan fingerprint density at radius 3 is 3.05 bits per heavy atom. The van der Waals surface area contributed by atoms with Crippen LogP contribution in [-0.4, -0.2) is 27.8 Å². The molecule has 2 aromatic rings. The summed E-state index contributed by atoms with van der Waals surface area (Å²) in [5.74, 6) is -1.18. The van der Waals surface area contributed by atoms with Crippen LogP contribution in [0.2, 0.25) is 0 Å². The summed E-state index contributed by atoms with van der Waals surface area (Å²) in [4.78, 5) is 14.9. The molecule has 0 aliphatic carbocycles. The zero-order valence-electron chi connectivity index (χ0n) is 10.00. The van der Waals surface area contributed by atoms with Crippen LogP contribution < -0.4 is 0 Å². The molecule has 0 aliphatic rings. The molecule has 1 aromatic carbocycles. The van der Waals surface area contributed by atoms with Crippen molar-refractivity contribution < 1.29 is 13.9 Å². The van der Waals surface area contributed by atoms with E-state index in [1.54, 1.807) is 0 Å². The van der Waals surface area contributed by atoms with Crippen molar-refractivity contribution in [2.45, 2.75) is 6.54 Å². The molecule has 2 rings (SSSR count). The van der Waals surface area contributed by atoms with Gasteiger partial charge in [-0.15, -0.1) is 5.10 Å². The van der Waals surface area contributed by atoms with Gasteiger partial charge in [-0.05, 0) is 23.8 Å². The molecule has 7 heteroatoms. The number of ether oxygens (including phenoxy) is 1. The molecule has 96 valence electrons. The maximum absolute atomic E-state index is 13.1. The van der Waals surface area contributed by atoms with Crippen molar-refractivity contribution in [1.29, 1.82) is 5.26 Å². The molecule has 0 atom stereocenters. The first-order chi connectivity index (χ1) is 9.13. The number of halogens is 1.